The van der Waals surface area contributed by atoms with Crippen molar-refractivity contribution >= 4 is 47.0 Å². The number of rotatable bonds is 4. The molecule has 0 saturated heterocycles. The van der Waals surface area contributed by atoms with Crippen LogP contribution in [0.2, 0.25) is 0 Å². The van der Waals surface area contributed by atoms with E-state index in [4.69, 9.17) is 9.47 Å². The van der Waals surface area contributed by atoms with E-state index in [2.05, 4.69) is 34.7 Å². The smallest absolute Gasteiger partial charge is 0.195 e. The van der Waals surface area contributed by atoms with Gasteiger partial charge in [0, 0.05) is 35.0 Å². The summed E-state index contributed by atoms with van der Waals surface area (Å²) in [5.74, 6) is 2.31. The summed E-state index contributed by atoms with van der Waals surface area (Å²) in [5.41, 5.74) is 0.924. The lowest BCUT2D eigenvalue weighted by molar-refractivity contribution is 0.297. The fourth-order valence-corrected chi connectivity index (χ4v) is 3.33. The second-order valence-corrected chi connectivity index (χ2v) is 6.74. The molecule has 1 aromatic carbocycles. The van der Waals surface area contributed by atoms with Gasteiger partial charge in [-0.3, -0.25) is 4.99 Å². The number of aliphatic imine (C=N–C) groups is 1. The van der Waals surface area contributed by atoms with Crippen molar-refractivity contribution in [1.29, 1.82) is 0 Å². The van der Waals surface area contributed by atoms with Crippen molar-refractivity contribution in [3.63, 3.8) is 0 Å². The third-order valence-corrected chi connectivity index (χ3v) is 4.96. The summed E-state index contributed by atoms with van der Waals surface area (Å²) in [5, 5.41) is 6.64. The average molecular weight is 473 g/mol. The molecule has 0 spiro atoms. The molecule has 2 aromatic rings. The van der Waals surface area contributed by atoms with E-state index in [-0.39, 0.29) is 24.0 Å². The SMILES string of the molecule is CCc1ccc(CNC(=NC)Nc2ccc3c(c2)OCCCO3)s1.I. The largest absolute Gasteiger partial charge is 0.490 e. The molecule has 7 heteroatoms. The van der Waals surface area contributed by atoms with E-state index >= 15 is 0 Å². The van der Waals surface area contributed by atoms with Crippen molar-refractivity contribution in [2.24, 2.45) is 4.99 Å². The van der Waals surface area contributed by atoms with Gasteiger partial charge < -0.3 is 20.1 Å². The lowest BCUT2D eigenvalue weighted by Crippen LogP contribution is -2.29. The van der Waals surface area contributed by atoms with Gasteiger partial charge in [-0.1, -0.05) is 6.92 Å². The van der Waals surface area contributed by atoms with Gasteiger partial charge in [-0.05, 0) is 30.7 Å². The van der Waals surface area contributed by atoms with Gasteiger partial charge in [-0.25, -0.2) is 0 Å². The molecule has 25 heavy (non-hydrogen) atoms. The highest BCUT2D eigenvalue weighted by atomic mass is 127. The molecule has 1 aromatic heterocycles. The first-order chi connectivity index (χ1) is 11.8. The summed E-state index contributed by atoms with van der Waals surface area (Å²) in [6.45, 7) is 4.31. The van der Waals surface area contributed by atoms with Crippen molar-refractivity contribution in [1.82, 2.24) is 5.32 Å². The Bertz CT molecular complexity index is 718. The van der Waals surface area contributed by atoms with Crippen molar-refractivity contribution in [3.8, 4) is 11.5 Å². The Morgan fingerprint density at radius 2 is 1.88 bits per heavy atom. The van der Waals surface area contributed by atoms with Gasteiger partial charge >= 0.3 is 0 Å². The zero-order chi connectivity index (χ0) is 16.8. The molecular weight excluding hydrogens is 449 g/mol. The quantitative estimate of drug-likeness (QED) is 0.396. The summed E-state index contributed by atoms with van der Waals surface area (Å²) < 4.78 is 11.4. The molecule has 0 fully saturated rings. The van der Waals surface area contributed by atoms with E-state index in [1.54, 1.807) is 7.05 Å². The van der Waals surface area contributed by atoms with E-state index in [9.17, 15) is 0 Å². The van der Waals surface area contributed by atoms with Gasteiger partial charge in [0.1, 0.15) is 0 Å². The number of ether oxygens (including phenoxy) is 2. The van der Waals surface area contributed by atoms with Gasteiger partial charge in [-0.15, -0.1) is 35.3 Å². The van der Waals surface area contributed by atoms with Gasteiger partial charge in [0.2, 0.25) is 0 Å². The molecular formula is C18H24IN3O2S. The highest BCUT2D eigenvalue weighted by molar-refractivity contribution is 14.0. The zero-order valence-corrected chi connectivity index (χ0v) is 17.6. The van der Waals surface area contributed by atoms with Crippen LogP contribution in [0.3, 0.4) is 0 Å². The first-order valence-corrected chi connectivity index (χ1v) is 9.05. The monoisotopic (exact) mass is 473 g/mol. The van der Waals surface area contributed by atoms with Crippen LogP contribution < -0.4 is 20.1 Å². The fraction of sp³-hybridized carbons (Fsp3) is 0.389. The fourth-order valence-electron chi connectivity index (χ4n) is 2.44. The van der Waals surface area contributed by atoms with Crippen molar-refractivity contribution in [3.05, 3.63) is 40.1 Å². The molecule has 0 atom stereocenters. The summed E-state index contributed by atoms with van der Waals surface area (Å²) in [4.78, 5) is 6.98. The predicted octanol–water partition coefficient (Wildman–Crippen LogP) is 4.28. The van der Waals surface area contributed by atoms with Crippen LogP contribution in [0.15, 0.2) is 35.3 Å². The molecule has 0 amide bonds. The standard InChI is InChI=1S/C18H23N3O2S.HI/c1-3-14-6-7-15(24-14)12-20-18(19-2)21-13-5-8-16-17(11-13)23-10-4-9-22-16;/h5-8,11H,3-4,9-10,12H2,1-2H3,(H2,19,20,21);1H. The summed E-state index contributed by atoms with van der Waals surface area (Å²) in [7, 11) is 1.77. The van der Waals surface area contributed by atoms with Crippen LogP contribution in [0.5, 0.6) is 11.5 Å². The normalized spacial score (nSPS) is 13.6. The molecule has 0 aliphatic carbocycles. The molecule has 0 bridgehead atoms. The van der Waals surface area contributed by atoms with Gasteiger partial charge in [0.05, 0.1) is 19.8 Å². The third-order valence-electron chi connectivity index (χ3n) is 3.73. The second-order valence-electron chi connectivity index (χ2n) is 5.48. The number of aryl methyl sites for hydroxylation is 1. The average Bonchev–Trinajstić information content (AvgIpc) is 2.95. The number of hydrogen-bond donors (Lipinski definition) is 2. The van der Waals surface area contributed by atoms with E-state index in [0.717, 1.165) is 42.5 Å². The minimum Gasteiger partial charge on any atom is -0.490 e. The van der Waals surface area contributed by atoms with E-state index in [1.807, 2.05) is 29.5 Å². The lowest BCUT2D eigenvalue weighted by Gasteiger charge is -2.13. The highest BCUT2D eigenvalue weighted by Crippen LogP contribution is 2.32. The Morgan fingerprint density at radius 3 is 2.60 bits per heavy atom. The third kappa shape index (κ3) is 5.50. The van der Waals surface area contributed by atoms with Crippen LogP contribution in [-0.4, -0.2) is 26.2 Å². The Balaban J connectivity index is 0.00000225. The van der Waals surface area contributed by atoms with Crippen LogP contribution in [0.4, 0.5) is 5.69 Å². The summed E-state index contributed by atoms with van der Waals surface area (Å²) in [6, 6.07) is 10.2. The lowest BCUT2D eigenvalue weighted by atomic mass is 10.3. The minimum absolute atomic E-state index is 0. The van der Waals surface area contributed by atoms with Crippen molar-refractivity contribution in [2.45, 2.75) is 26.3 Å². The van der Waals surface area contributed by atoms with Crippen LogP contribution in [0.25, 0.3) is 0 Å². The number of hydrogen-bond acceptors (Lipinski definition) is 4. The maximum atomic E-state index is 5.73. The van der Waals surface area contributed by atoms with Gasteiger partial charge in [-0.2, -0.15) is 0 Å². The first kappa shape index (κ1) is 19.8. The second kappa shape index (κ2) is 9.86. The number of nitrogens with one attached hydrogen (secondary N) is 2. The summed E-state index contributed by atoms with van der Waals surface area (Å²) in [6.07, 6.45) is 1.98. The highest BCUT2D eigenvalue weighted by Gasteiger charge is 2.11. The Kier molecular flexibility index (Phi) is 7.83. The maximum absolute atomic E-state index is 5.73. The predicted molar refractivity (Wildman–Crippen MR) is 115 cm³/mol. The molecule has 5 nitrogen and oxygen atoms in total. The molecule has 0 saturated carbocycles. The number of nitrogens with zero attached hydrogens (tertiary/aromatic N) is 1. The molecule has 3 rings (SSSR count). The van der Waals surface area contributed by atoms with Crippen LogP contribution in [-0.2, 0) is 13.0 Å². The number of halogens is 1. The topological polar surface area (TPSA) is 54.9 Å². The van der Waals surface area contributed by atoms with Gasteiger partial charge in [0.15, 0.2) is 17.5 Å². The molecule has 1 aliphatic heterocycles. The first-order valence-electron chi connectivity index (χ1n) is 8.23. The van der Waals surface area contributed by atoms with Crippen molar-refractivity contribution < 1.29 is 9.47 Å². The Labute approximate surface area is 169 Å². The number of guanidine groups is 1. The van der Waals surface area contributed by atoms with Crippen LogP contribution >= 0.6 is 35.3 Å². The number of benzene rings is 1. The molecule has 1 aliphatic rings. The molecule has 136 valence electrons. The summed E-state index contributed by atoms with van der Waals surface area (Å²) >= 11 is 1.83. The number of thiophene rings is 1. The van der Waals surface area contributed by atoms with Gasteiger partial charge in [0.25, 0.3) is 0 Å². The van der Waals surface area contributed by atoms with Crippen LogP contribution in [0.1, 0.15) is 23.1 Å². The Hall–Kier alpha value is -1.48. The van der Waals surface area contributed by atoms with E-state index in [0.29, 0.717) is 13.2 Å². The zero-order valence-electron chi connectivity index (χ0n) is 14.5. The van der Waals surface area contributed by atoms with Crippen LogP contribution in [0, 0.1) is 0 Å². The van der Waals surface area contributed by atoms with E-state index in [1.165, 1.54) is 9.75 Å². The Morgan fingerprint density at radius 1 is 1.12 bits per heavy atom. The van der Waals surface area contributed by atoms with E-state index < -0.39 is 0 Å². The molecule has 2 N–H and O–H groups in total. The molecule has 0 radical (unpaired) electrons. The number of fused-ring (bicyclic) bond motifs is 1. The minimum atomic E-state index is 0. The molecule has 2 heterocycles. The number of anilines is 1. The molecule has 0 unspecified atom stereocenters. The maximum Gasteiger partial charge on any atom is 0.195 e. The van der Waals surface area contributed by atoms with Crippen molar-refractivity contribution in [2.75, 3.05) is 25.6 Å².